The van der Waals surface area contributed by atoms with Crippen molar-refractivity contribution in [2.45, 2.75) is 64.0 Å². The zero-order chi connectivity index (χ0) is 12.8. The molecule has 0 amide bonds. The molecular weight excluding hydrogens is 232 g/mol. The van der Waals surface area contributed by atoms with Crippen LogP contribution in [0.2, 0.25) is 0 Å². The standard InChI is InChI=1S/C17H30N2/c1-2-16-3-5-19(6-4-18-16)17-14-8-12-7-13(10-14)11-15(17)9-12/h12-18H,2-11H2,1H3. The van der Waals surface area contributed by atoms with Crippen LogP contribution >= 0.6 is 0 Å². The van der Waals surface area contributed by atoms with Crippen LogP contribution in [-0.4, -0.2) is 36.6 Å². The highest BCUT2D eigenvalue weighted by molar-refractivity contribution is 5.02. The normalized spacial score (nSPS) is 50.4. The van der Waals surface area contributed by atoms with Gasteiger partial charge in [0.2, 0.25) is 0 Å². The Balaban J connectivity index is 1.47. The van der Waals surface area contributed by atoms with Gasteiger partial charge in [0.1, 0.15) is 0 Å². The second-order valence-corrected chi connectivity index (χ2v) is 7.81. The van der Waals surface area contributed by atoms with E-state index in [1.54, 1.807) is 32.1 Å². The van der Waals surface area contributed by atoms with Gasteiger partial charge in [-0.2, -0.15) is 0 Å². The zero-order valence-electron chi connectivity index (χ0n) is 12.5. The molecule has 1 N–H and O–H groups in total. The van der Waals surface area contributed by atoms with Crippen LogP contribution < -0.4 is 5.32 Å². The Kier molecular flexibility index (Phi) is 3.35. The Morgan fingerprint density at radius 1 is 0.947 bits per heavy atom. The lowest BCUT2D eigenvalue weighted by atomic mass is 9.54. The molecule has 0 aromatic carbocycles. The number of hydrogen-bond acceptors (Lipinski definition) is 2. The molecule has 5 fully saturated rings. The van der Waals surface area contributed by atoms with Crippen LogP contribution in [0.4, 0.5) is 0 Å². The Bertz CT molecular complexity index is 299. The molecule has 1 saturated heterocycles. The van der Waals surface area contributed by atoms with Gasteiger partial charge in [0, 0.05) is 25.2 Å². The quantitative estimate of drug-likeness (QED) is 0.823. The molecule has 19 heavy (non-hydrogen) atoms. The Hall–Kier alpha value is -0.0800. The monoisotopic (exact) mass is 262 g/mol. The molecule has 2 heteroatoms. The molecule has 2 nitrogen and oxygen atoms in total. The van der Waals surface area contributed by atoms with Gasteiger partial charge < -0.3 is 5.32 Å². The first-order valence-corrected chi connectivity index (χ1v) is 8.81. The van der Waals surface area contributed by atoms with Gasteiger partial charge in [0.05, 0.1) is 0 Å². The van der Waals surface area contributed by atoms with E-state index in [1.165, 1.54) is 32.5 Å². The van der Waals surface area contributed by atoms with Crippen molar-refractivity contribution in [3.8, 4) is 0 Å². The first-order chi connectivity index (χ1) is 9.33. The maximum atomic E-state index is 3.74. The molecular formula is C17H30N2. The minimum atomic E-state index is 0.779. The van der Waals surface area contributed by atoms with Crippen molar-refractivity contribution >= 4 is 0 Å². The van der Waals surface area contributed by atoms with E-state index in [-0.39, 0.29) is 0 Å². The lowest BCUT2D eigenvalue weighted by Crippen LogP contribution is -2.56. The zero-order valence-corrected chi connectivity index (χ0v) is 12.5. The summed E-state index contributed by atoms with van der Waals surface area (Å²) in [5.74, 6) is 4.36. The second kappa shape index (κ2) is 5.04. The van der Waals surface area contributed by atoms with Crippen molar-refractivity contribution in [1.29, 1.82) is 0 Å². The maximum absolute atomic E-state index is 3.74. The molecule has 0 spiro atoms. The molecule has 0 aromatic rings. The highest BCUT2D eigenvalue weighted by Gasteiger charge is 2.49. The van der Waals surface area contributed by atoms with Gasteiger partial charge in [0.25, 0.3) is 0 Å². The molecule has 0 radical (unpaired) electrons. The first kappa shape index (κ1) is 12.6. The number of nitrogens with zero attached hydrogens (tertiary/aromatic N) is 1. The van der Waals surface area contributed by atoms with E-state index in [1.807, 2.05) is 0 Å². The van der Waals surface area contributed by atoms with Gasteiger partial charge in [-0.15, -0.1) is 0 Å². The first-order valence-electron chi connectivity index (χ1n) is 8.81. The van der Waals surface area contributed by atoms with Crippen LogP contribution in [-0.2, 0) is 0 Å². The summed E-state index contributed by atoms with van der Waals surface area (Å²) in [6.45, 7) is 6.22. The summed E-state index contributed by atoms with van der Waals surface area (Å²) in [4.78, 5) is 2.90. The summed E-state index contributed by atoms with van der Waals surface area (Å²) in [5, 5.41) is 3.74. The van der Waals surface area contributed by atoms with E-state index >= 15 is 0 Å². The summed E-state index contributed by atoms with van der Waals surface area (Å²) in [6, 6.07) is 1.74. The van der Waals surface area contributed by atoms with Crippen molar-refractivity contribution in [2.24, 2.45) is 23.7 Å². The van der Waals surface area contributed by atoms with E-state index in [0.29, 0.717) is 0 Å². The van der Waals surface area contributed by atoms with E-state index in [4.69, 9.17) is 0 Å². The summed E-state index contributed by atoms with van der Waals surface area (Å²) < 4.78 is 0. The van der Waals surface area contributed by atoms with Crippen molar-refractivity contribution < 1.29 is 0 Å². The predicted octanol–water partition coefficient (Wildman–Crippen LogP) is 2.89. The number of rotatable bonds is 2. The lowest BCUT2D eigenvalue weighted by molar-refractivity contribution is -0.0635. The van der Waals surface area contributed by atoms with Gasteiger partial charge in [-0.3, -0.25) is 4.90 Å². The maximum Gasteiger partial charge on any atom is 0.0153 e. The molecule has 1 atom stereocenters. The third kappa shape index (κ3) is 2.25. The molecule has 1 heterocycles. The van der Waals surface area contributed by atoms with Gasteiger partial charge >= 0.3 is 0 Å². The van der Waals surface area contributed by atoms with E-state index in [0.717, 1.165) is 35.8 Å². The van der Waals surface area contributed by atoms with Crippen molar-refractivity contribution in [1.82, 2.24) is 10.2 Å². The van der Waals surface area contributed by atoms with E-state index < -0.39 is 0 Å². The fourth-order valence-corrected chi connectivity index (χ4v) is 6.09. The van der Waals surface area contributed by atoms with Crippen molar-refractivity contribution in [3.05, 3.63) is 0 Å². The minimum absolute atomic E-state index is 0.779. The van der Waals surface area contributed by atoms with Gasteiger partial charge in [-0.25, -0.2) is 0 Å². The van der Waals surface area contributed by atoms with Crippen LogP contribution in [0, 0.1) is 23.7 Å². The third-order valence-electron chi connectivity index (χ3n) is 6.69. The van der Waals surface area contributed by atoms with Crippen LogP contribution in [0.15, 0.2) is 0 Å². The minimum Gasteiger partial charge on any atom is -0.313 e. The van der Waals surface area contributed by atoms with E-state index in [9.17, 15) is 0 Å². The Labute approximate surface area is 118 Å². The molecule has 1 aliphatic heterocycles. The summed E-state index contributed by atoms with van der Waals surface area (Å²) in [5.41, 5.74) is 0. The molecule has 0 aromatic heterocycles. The summed E-state index contributed by atoms with van der Waals surface area (Å²) in [6.07, 6.45) is 10.5. The van der Waals surface area contributed by atoms with Crippen LogP contribution in [0.1, 0.15) is 51.9 Å². The SMILES string of the molecule is CCC1CCN(C2C3CC4CC(C3)CC2C4)CCN1. The molecule has 4 saturated carbocycles. The van der Waals surface area contributed by atoms with Gasteiger partial charge in [-0.1, -0.05) is 6.92 Å². The summed E-state index contributed by atoms with van der Waals surface area (Å²) in [7, 11) is 0. The summed E-state index contributed by atoms with van der Waals surface area (Å²) >= 11 is 0. The molecule has 5 aliphatic rings. The lowest BCUT2D eigenvalue weighted by Gasteiger charge is -2.57. The highest BCUT2D eigenvalue weighted by Crippen LogP contribution is 2.55. The smallest absolute Gasteiger partial charge is 0.0153 e. The Morgan fingerprint density at radius 3 is 2.26 bits per heavy atom. The predicted molar refractivity (Wildman–Crippen MR) is 79.1 cm³/mol. The van der Waals surface area contributed by atoms with Gasteiger partial charge in [-0.05, 0) is 75.2 Å². The van der Waals surface area contributed by atoms with Crippen LogP contribution in [0.25, 0.3) is 0 Å². The molecule has 108 valence electrons. The number of hydrogen-bond donors (Lipinski definition) is 1. The Morgan fingerprint density at radius 2 is 1.63 bits per heavy atom. The van der Waals surface area contributed by atoms with E-state index in [2.05, 4.69) is 17.1 Å². The topological polar surface area (TPSA) is 15.3 Å². The number of nitrogens with one attached hydrogen (secondary N) is 1. The average molecular weight is 262 g/mol. The fraction of sp³-hybridized carbons (Fsp3) is 1.00. The average Bonchev–Trinajstić information content (AvgIpc) is 2.63. The second-order valence-electron chi connectivity index (χ2n) is 7.81. The van der Waals surface area contributed by atoms with Crippen LogP contribution in [0.3, 0.4) is 0 Å². The third-order valence-corrected chi connectivity index (χ3v) is 6.69. The highest BCUT2D eigenvalue weighted by atomic mass is 15.2. The molecule has 4 bridgehead atoms. The molecule has 4 aliphatic carbocycles. The molecule has 5 rings (SSSR count). The molecule has 1 unspecified atom stereocenters. The van der Waals surface area contributed by atoms with Crippen molar-refractivity contribution in [3.63, 3.8) is 0 Å². The van der Waals surface area contributed by atoms with Crippen molar-refractivity contribution in [2.75, 3.05) is 19.6 Å². The van der Waals surface area contributed by atoms with Gasteiger partial charge in [0.15, 0.2) is 0 Å². The fourth-order valence-electron chi connectivity index (χ4n) is 6.09. The van der Waals surface area contributed by atoms with Crippen LogP contribution in [0.5, 0.6) is 0 Å². The largest absolute Gasteiger partial charge is 0.313 e.